The molecule has 1 heterocycles. The lowest BCUT2D eigenvalue weighted by atomic mass is 10.2. The number of nitrogens with zero attached hydrogens (tertiary/aromatic N) is 1. The maximum atomic E-state index is 12.4. The highest BCUT2D eigenvalue weighted by Gasteiger charge is 2.15. The minimum absolute atomic E-state index is 0.0746. The van der Waals surface area contributed by atoms with Crippen molar-refractivity contribution < 1.29 is 28.3 Å². The van der Waals surface area contributed by atoms with Crippen LogP contribution in [-0.4, -0.2) is 37.1 Å². The van der Waals surface area contributed by atoms with Gasteiger partial charge < -0.3 is 24.5 Å². The quantitative estimate of drug-likeness (QED) is 0.128. The minimum atomic E-state index is -0.936. The molecule has 10 nitrogen and oxygen atoms in total. The number of ether oxygens (including phenoxy) is 2. The number of nitrogens with one attached hydrogen (secondary N) is 3. The van der Waals surface area contributed by atoms with E-state index in [1.165, 1.54) is 12.5 Å². The molecule has 1 aromatic heterocycles. The number of hydrogen-bond donors (Lipinski definition) is 3. The third kappa shape index (κ3) is 8.95. The molecule has 0 saturated carbocycles. The van der Waals surface area contributed by atoms with Gasteiger partial charge in [0, 0.05) is 15.7 Å². The number of amides is 3. The summed E-state index contributed by atoms with van der Waals surface area (Å²) >= 11 is 13.9. The first-order valence-corrected chi connectivity index (χ1v) is 12.6. The van der Waals surface area contributed by atoms with Crippen molar-refractivity contribution in [2.45, 2.75) is 13.5 Å². The van der Waals surface area contributed by atoms with Gasteiger partial charge in [0.15, 0.2) is 18.1 Å². The van der Waals surface area contributed by atoms with E-state index in [0.29, 0.717) is 48.7 Å². The fourth-order valence-electron chi connectivity index (χ4n) is 2.90. The lowest BCUT2D eigenvalue weighted by molar-refractivity contribution is -0.139. The largest absolute Gasteiger partial charge is 0.490 e. The van der Waals surface area contributed by atoms with E-state index in [1.807, 2.05) is 22.6 Å². The summed E-state index contributed by atoms with van der Waals surface area (Å²) < 4.78 is 17.1. The Balaban J connectivity index is 1.59. The topological polar surface area (TPSA) is 131 Å². The van der Waals surface area contributed by atoms with E-state index in [0.717, 1.165) is 0 Å². The molecule has 3 aromatic rings. The van der Waals surface area contributed by atoms with E-state index in [-0.39, 0.29) is 13.2 Å². The summed E-state index contributed by atoms with van der Waals surface area (Å²) in [6.07, 6.45) is 2.81. The second kappa shape index (κ2) is 13.9. The van der Waals surface area contributed by atoms with Crippen molar-refractivity contribution in [3.05, 3.63) is 73.7 Å². The summed E-state index contributed by atoms with van der Waals surface area (Å²) in [7, 11) is 0. The molecule has 37 heavy (non-hydrogen) atoms. The Morgan fingerprint density at radius 2 is 1.84 bits per heavy atom. The molecule has 194 valence electrons. The Bertz CT molecular complexity index is 1280. The highest BCUT2D eigenvalue weighted by Crippen LogP contribution is 2.34. The van der Waals surface area contributed by atoms with Gasteiger partial charge in [0.1, 0.15) is 5.76 Å². The Morgan fingerprint density at radius 3 is 2.51 bits per heavy atom. The number of halogens is 3. The van der Waals surface area contributed by atoms with Crippen molar-refractivity contribution in [2.75, 3.05) is 18.5 Å². The highest BCUT2D eigenvalue weighted by atomic mass is 127. The second-order valence-corrected chi connectivity index (χ2v) is 9.25. The summed E-state index contributed by atoms with van der Waals surface area (Å²) in [6.45, 7) is 1.92. The zero-order valence-corrected chi connectivity index (χ0v) is 23.0. The van der Waals surface area contributed by atoms with Crippen LogP contribution < -0.4 is 25.5 Å². The lowest BCUT2D eigenvalue weighted by Gasteiger charge is -2.14. The molecule has 3 rings (SSSR count). The van der Waals surface area contributed by atoms with Gasteiger partial charge in [-0.2, -0.15) is 5.10 Å². The summed E-state index contributed by atoms with van der Waals surface area (Å²) in [4.78, 5) is 36.2. The zero-order valence-electron chi connectivity index (χ0n) is 19.3. The molecule has 3 amide bonds. The zero-order chi connectivity index (χ0) is 26.8. The molecular formula is C24H21Cl2IN4O6. The van der Waals surface area contributed by atoms with Gasteiger partial charge in [-0.25, -0.2) is 5.43 Å². The molecule has 0 spiro atoms. The SMILES string of the molecule is CCOc1cc(/C=N\NC(=O)C(=O)NCc2ccco2)cc(I)c1OCC(=O)Nc1cc(Cl)cc(Cl)c1. The van der Waals surface area contributed by atoms with Gasteiger partial charge in [-0.1, -0.05) is 23.2 Å². The van der Waals surface area contributed by atoms with Crippen LogP contribution in [0.4, 0.5) is 5.69 Å². The van der Waals surface area contributed by atoms with E-state index in [9.17, 15) is 14.4 Å². The lowest BCUT2D eigenvalue weighted by Crippen LogP contribution is -2.37. The number of hydrazone groups is 1. The first-order valence-electron chi connectivity index (χ1n) is 10.7. The van der Waals surface area contributed by atoms with Crippen LogP contribution in [0.2, 0.25) is 10.0 Å². The molecule has 0 fully saturated rings. The summed E-state index contributed by atoms with van der Waals surface area (Å²) in [5.74, 6) is -0.974. The van der Waals surface area contributed by atoms with E-state index >= 15 is 0 Å². The summed E-state index contributed by atoms with van der Waals surface area (Å²) in [5, 5.41) is 9.68. The molecule has 0 saturated heterocycles. The smallest absolute Gasteiger partial charge is 0.329 e. The molecule has 0 unspecified atom stereocenters. The van der Waals surface area contributed by atoms with Crippen LogP contribution in [-0.2, 0) is 20.9 Å². The molecule has 2 aromatic carbocycles. The van der Waals surface area contributed by atoms with Crippen LogP contribution in [0, 0.1) is 3.57 Å². The van der Waals surface area contributed by atoms with Crippen LogP contribution in [0.25, 0.3) is 0 Å². The summed E-state index contributed by atoms with van der Waals surface area (Å²) in [6, 6.07) is 11.4. The van der Waals surface area contributed by atoms with Crippen LogP contribution in [0.5, 0.6) is 11.5 Å². The monoisotopic (exact) mass is 658 g/mol. The normalized spacial score (nSPS) is 10.7. The number of carbonyl (C=O) groups is 3. The van der Waals surface area contributed by atoms with Crippen LogP contribution in [0.1, 0.15) is 18.2 Å². The molecular weight excluding hydrogens is 638 g/mol. The van der Waals surface area contributed by atoms with Crippen molar-refractivity contribution in [3.63, 3.8) is 0 Å². The average Bonchev–Trinajstić information content (AvgIpc) is 3.35. The molecule has 13 heteroatoms. The molecule has 0 aliphatic carbocycles. The van der Waals surface area contributed by atoms with Crippen molar-refractivity contribution >= 4 is 75.4 Å². The number of rotatable bonds is 10. The van der Waals surface area contributed by atoms with Gasteiger partial charge in [0.25, 0.3) is 5.91 Å². The van der Waals surface area contributed by atoms with Gasteiger partial charge in [-0.3, -0.25) is 14.4 Å². The predicted molar refractivity (Wildman–Crippen MR) is 147 cm³/mol. The van der Waals surface area contributed by atoms with Crippen molar-refractivity contribution in [1.29, 1.82) is 0 Å². The van der Waals surface area contributed by atoms with Crippen molar-refractivity contribution in [1.82, 2.24) is 10.7 Å². The third-order valence-electron chi connectivity index (χ3n) is 4.41. The number of carbonyl (C=O) groups excluding carboxylic acids is 3. The van der Waals surface area contributed by atoms with E-state index in [2.05, 4.69) is 21.2 Å². The standard InChI is InChI=1S/C24H21Cl2IN4O6/c1-2-35-20-7-14(11-29-31-24(34)23(33)28-12-18-4-3-5-36-18)6-19(27)22(20)37-13-21(32)30-17-9-15(25)8-16(26)10-17/h3-11H,2,12-13H2,1H3,(H,28,33)(H,30,32)(H,31,34)/b29-11-. The van der Waals surface area contributed by atoms with Gasteiger partial charge >= 0.3 is 11.8 Å². The van der Waals surface area contributed by atoms with Gasteiger partial charge in [-0.05, 0) is 77.5 Å². The minimum Gasteiger partial charge on any atom is -0.490 e. The van der Waals surface area contributed by atoms with Crippen molar-refractivity contribution in [2.24, 2.45) is 5.10 Å². The number of hydrogen-bond acceptors (Lipinski definition) is 7. The Labute approximate surface area is 235 Å². The maximum Gasteiger partial charge on any atom is 0.329 e. The molecule has 0 atom stereocenters. The predicted octanol–water partition coefficient (Wildman–Crippen LogP) is 4.37. The number of furan rings is 1. The Morgan fingerprint density at radius 1 is 1.08 bits per heavy atom. The maximum absolute atomic E-state index is 12.4. The van der Waals surface area contributed by atoms with Gasteiger partial charge in [0.2, 0.25) is 0 Å². The Kier molecular flexibility index (Phi) is 10.6. The van der Waals surface area contributed by atoms with Crippen molar-refractivity contribution in [3.8, 4) is 11.5 Å². The van der Waals surface area contributed by atoms with Crippen LogP contribution in [0.15, 0.2) is 58.2 Å². The molecule has 0 aliphatic rings. The number of anilines is 1. The molecule has 0 radical (unpaired) electrons. The first-order chi connectivity index (χ1) is 17.7. The number of benzene rings is 2. The van der Waals surface area contributed by atoms with Crippen LogP contribution >= 0.6 is 45.8 Å². The second-order valence-electron chi connectivity index (χ2n) is 7.22. The fourth-order valence-corrected chi connectivity index (χ4v) is 4.21. The van der Waals surface area contributed by atoms with E-state index < -0.39 is 17.7 Å². The molecule has 0 aliphatic heterocycles. The third-order valence-corrected chi connectivity index (χ3v) is 5.65. The molecule has 0 bridgehead atoms. The van der Waals surface area contributed by atoms with E-state index in [1.54, 1.807) is 49.4 Å². The van der Waals surface area contributed by atoms with Gasteiger partial charge in [-0.15, -0.1) is 0 Å². The fraction of sp³-hybridized carbons (Fsp3) is 0.167. The summed E-state index contributed by atoms with van der Waals surface area (Å²) in [5.41, 5.74) is 3.16. The highest BCUT2D eigenvalue weighted by molar-refractivity contribution is 14.1. The Hall–Kier alpha value is -3.29. The first kappa shape index (κ1) is 28.3. The van der Waals surface area contributed by atoms with Crippen LogP contribution in [0.3, 0.4) is 0 Å². The van der Waals surface area contributed by atoms with E-state index in [4.69, 9.17) is 37.1 Å². The molecule has 3 N–H and O–H groups in total. The van der Waals surface area contributed by atoms with Gasteiger partial charge in [0.05, 0.1) is 29.2 Å². The average molecular weight is 659 g/mol.